The molecule has 0 N–H and O–H groups in total. The van der Waals surface area contributed by atoms with E-state index >= 15 is 0 Å². The summed E-state index contributed by atoms with van der Waals surface area (Å²) in [6.07, 6.45) is 35.7. The lowest BCUT2D eigenvalue weighted by Crippen LogP contribution is -2.39. The molecule has 56 heavy (non-hydrogen) atoms. The summed E-state index contributed by atoms with van der Waals surface area (Å²) in [5.41, 5.74) is 7.59. The van der Waals surface area contributed by atoms with E-state index in [1.165, 1.54) is 0 Å². The summed E-state index contributed by atoms with van der Waals surface area (Å²) in [6.45, 7) is 20.7. The van der Waals surface area contributed by atoms with Gasteiger partial charge in [0.05, 0.1) is 12.4 Å². The first-order chi connectivity index (χ1) is 26.6. The van der Waals surface area contributed by atoms with Crippen LogP contribution in [0, 0.1) is 10.8 Å². The Bertz CT molecular complexity index is 1930. The fourth-order valence-corrected chi connectivity index (χ4v) is 6.92. The Labute approximate surface area is 334 Å². The molecule has 0 saturated carbocycles. The van der Waals surface area contributed by atoms with E-state index in [1.54, 1.807) is 24.8 Å². The van der Waals surface area contributed by atoms with Crippen LogP contribution in [0.3, 0.4) is 0 Å². The molecule has 0 radical (unpaired) electrons. The van der Waals surface area contributed by atoms with Crippen molar-refractivity contribution >= 4 is 11.6 Å². The van der Waals surface area contributed by atoms with Crippen molar-refractivity contribution in [2.75, 3.05) is 0 Å². The number of allylic oxidation sites excluding steroid dienone is 20. The quantitative estimate of drug-likeness (QED) is 0.179. The molecule has 6 heteroatoms. The predicted molar refractivity (Wildman–Crippen MR) is 230 cm³/mol. The number of aromatic nitrogens is 2. The Morgan fingerprint density at radius 1 is 0.589 bits per heavy atom. The summed E-state index contributed by atoms with van der Waals surface area (Å²) in [4.78, 5) is 34.6. The third-order valence-electron chi connectivity index (χ3n) is 10.1. The summed E-state index contributed by atoms with van der Waals surface area (Å²) in [5, 5.41) is 0. The summed E-state index contributed by atoms with van der Waals surface area (Å²) in [7, 11) is 0. The van der Waals surface area contributed by atoms with Gasteiger partial charge in [-0.25, -0.2) is 0 Å². The fourth-order valence-electron chi connectivity index (χ4n) is 6.92. The lowest BCUT2D eigenvalue weighted by molar-refractivity contribution is -0.124. The van der Waals surface area contributed by atoms with E-state index in [9.17, 15) is 9.59 Å². The third-order valence-corrected chi connectivity index (χ3v) is 10.1. The second kappa shape index (κ2) is 19.8. The maximum Gasteiger partial charge on any atom is 0.199 e. The van der Waals surface area contributed by atoms with Gasteiger partial charge in [0.25, 0.3) is 0 Å². The molecular weight excluding hydrogens is 693 g/mol. The second-order valence-corrected chi connectivity index (χ2v) is 16.0. The first-order valence-corrected chi connectivity index (χ1v) is 19.3. The van der Waals surface area contributed by atoms with Crippen LogP contribution in [0.1, 0.15) is 82.1 Å². The highest BCUT2D eigenvalue weighted by Gasteiger charge is 2.40. The van der Waals surface area contributed by atoms with Crippen molar-refractivity contribution < 1.29 is 19.1 Å². The van der Waals surface area contributed by atoms with Crippen LogP contribution < -0.4 is 9.47 Å². The number of hydrogen-bond acceptors (Lipinski definition) is 6. The van der Waals surface area contributed by atoms with E-state index < -0.39 is 12.2 Å². The first-order valence-electron chi connectivity index (χ1n) is 19.3. The molecular formula is C50H58N2O4. The Kier molecular flexibility index (Phi) is 15.3. The van der Waals surface area contributed by atoms with Crippen molar-refractivity contribution in [1.29, 1.82) is 0 Å². The Morgan fingerprint density at radius 3 is 1.30 bits per heavy atom. The van der Waals surface area contributed by atoms with Crippen molar-refractivity contribution in [3.8, 4) is 11.5 Å². The SMILES string of the molecule is CC1=C(/C=C/C(C)=C/C=C/C(C)=C/C=C/C=C(C)/C=C/C=C(C)/C=C/C2=C(C)C(=O)C(Oc3cccnc3)CC2(C)C)C(C)(C)CC(Oc2cccnc2)C1=O. The molecule has 0 spiro atoms. The minimum absolute atomic E-state index is 0.0237. The van der Waals surface area contributed by atoms with Gasteiger partial charge in [-0.2, -0.15) is 0 Å². The number of Topliss-reactive ketones (excluding diaryl/α,β-unsaturated/α-hetero) is 2. The van der Waals surface area contributed by atoms with Crippen LogP contribution in [-0.4, -0.2) is 33.7 Å². The number of nitrogens with zero attached hydrogens (tertiary/aromatic N) is 2. The van der Waals surface area contributed by atoms with E-state index in [-0.39, 0.29) is 22.4 Å². The highest BCUT2D eigenvalue weighted by Crippen LogP contribution is 2.42. The highest BCUT2D eigenvalue weighted by molar-refractivity contribution is 6.01. The van der Waals surface area contributed by atoms with Crippen LogP contribution >= 0.6 is 0 Å². The molecule has 6 nitrogen and oxygen atoms in total. The maximum atomic E-state index is 13.2. The van der Waals surface area contributed by atoms with Crippen LogP contribution in [-0.2, 0) is 9.59 Å². The maximum absolute atomic E-state index is 13.2. The van der Waals surface area contributed by atoms with Crippen LogP contribution in [0.5, 0.6) is 11.5 Å². The van der Waals surface area contributed by atoms with E-state index in [0.717, 1.165) is 44.6 Å². The van der Waals surface area contributed by atoms with Gasteiger partial charge in [0.2, 0.25) is 0 Å². The molecule has 4 rings (SSSR count). The predicted octanol–water partition coefficient (Wildman–Crippen LogP) is 11.9. The lowest BCUT2D eigenvalue weighted by Gasteiger charge is -2.36. The Hall–Kier alpha value is -5.62. The number of ketones is 2. The minimum atomic E-state index is -0.516. The fraction of sp³-hybridized carbons (Fsp3) is 0.320. The van der Waals surface area contributed by atoms with Crippen LogP contribution in [0.15, 0.2) is 179 Å². The average molecular weight is 751 g/mol. The molecule has 292 valence electrons. The molecule has 2 aromatic heterocycles. The van der Waals surface area contributed by atoms with E-state index in [1.807, 2.05) is 62.4 Å². The molecule has 2 aromatic rings. The number of carbonyl (C=O) groups excluding carboxylic acids is 2. The molecule has 0 bridgehead atoms. The van der Waals surface area contributed by atoms with E-state index in [0.29, 0.717) is 24.3 Å². The van der Waals surface area contributed by atoms with Crippen molar-refractivity contribution in [1.82, 2.24) is 9.97 Å². The number of pyridine rings is 2. The largest absolute Gasteiger partial charge is 0.481 e. The highest BCUT2D eigenvalue weighted by atomic mass is 16.5. The van der Waals surface area contributed by atoms with Crippen LogP contribution in [0.4, 0.5) is 0 Å². The van der Waals surface area contributed by atoms with Gasteiger partial charge in [-0.05, 0) is 98.9 Å². The van der Waals surface area contributed by atoms with Gasteiger partial charge < -0.3 is 9.47 Å². The van der Waals surface area contributed by atoms with Crippen molar-refractivity contribution in [2.45, 2.75) is 94.3 Å². The van der Waals surface area contributed by atoms with Crippen molar-refractivity contribution in [3.05, 3.63) is 179 Å². The standard InChI is InChI=1S/C50H58N2O4/c1-35(19-13-21-37(3)25-27-43-39(5)47(53)45(31-49(43,7)8)55-41-23-15-29-51-33-41)17-11-12-18-36(2)20-14-22-38(4)26-28-44-40(6)48(54)46(32-50(44,9)10)56-42-24-16-30-52-34-42/h11-30,33-34,45-46H,31-32H2,1-10H3/b12-11+,19-13+,20-14+,27-25+,28-26+,35-17+,36-18+,37-21+,38-22+. The number of rotatable bonds is 14. The average Bonchev–Trinajstić information content (AvgIpc) is 3.15. The van der Waals surface area contributed by atoms with Gasteiger partial charge in [-0.15, -0.1) is 0 Å². The molecule has 2 aliphatic rings. The van der Waals surface area contributed by atoms with E-state index in [4.69, 9.17) is 9.47 Å². The molecule has 0 saturated heterocycles. The van der Waals surface area contributed by atoms with Crippen molar-refractivity contribution in [3.63, 3.8) is 0 Å². The number of hydrogen-bond donors (Lipinski definition) is 0. The zero-order chi connectivity index (χ0) is 40.9. The molecule has 0 aliphatic heterocycles. The lowest BCUT2D eigenvalue weighted by atomic mass is 9.71. The molecule has 0 aromatic carbocycles. The molecule has 2 aliphatic carbocycles. The van der Waals surface area contributed by atoms with Gasteiger partial charge >= 0.3 is 0 Å². The van der Waals surface area contributed by atoms with Gasteiger partial charge in [0.1, 0.15) is 11.5 Å². The zero-order valence-electron chi connectivity index (χ0n) is 34.8. The Morgan fingerprint density at radius 2 is 0.946 bits per heavy atom. The minimum Gasteiger partial charge on any atom is -0.481 e. The monoisotopic (exact) mass is 750 g/mol. The van der Waals surface area contributed by atoms with Crippen molar-refractivity contribution in [2.24, 2.45) is 10.8 Å². The van der Waals surface area contributed by atoms with E-state index in [2.05, 4.69) is 126 Å². The summed E-state index contributed by atoms with van der Waals surface area (Å²) < 4.78 is 12.0. The molecule has 0 amide bonds. The molecule has 2 heterocycles. The summed E-state index contributed by atoms with van der Waals surface area (Å²) >= 11 is 0. The zero-order valence-corrected chi connectivity index (χ0v) is 34.8. The van der Waals surface area contributed by atoms with Gasteiger partial charge in [-0.1, -0.05) is 135 Å². The summed E-state index contributed by atoms with van der Waals surface area (Å²) in [5.74, 6) is 1.27. The van der Waals surface area contributed by atoms with Gasteiger partial charge in [0, 0.05) is 25.2 Å². The molecule has 2 atom stereocenters. The molecule has 2 unspecified atom stereocenters. The van der Waals surface area contributed by atoms with Crippen LogP contribution in [0.25, 0.3) is 0 Å². The summed E-state index contributed by atoms with van der Waals surface area (Å²) in [6, 6.07) is 7.28. The Balaban J connectivity index is 1.28. The number of carbonyl (C=O) groups is 2. The third kappa shape index (κ3) is 12.5. The topological polar surface area (TPSA) is 78.4 Å². The first kappa shape index (κ1) is 43.1. The normalized spacial score (nSPS) is 21.5. The smallest absolute Gasteiger partial charge is 0.199 e. The number of ether oxygens (including phenoxy) is 2. The van der Waals surface area contributed by atoms with Crippen LogP contribution in [0.2, 0.25) is 0 Å². The molecule has 0 fully saturated rings. The second-order valence-electron chi connectivity index (χ2n) is 16.0. The van der Waals surface area contributed by atoms with Gasteiger partial charge in [-0.3, -0.25) is 19.6 Å². The van der Waals surface area contributed by atoms with Gasteiger partial charge in [0.15, 0.2) is 23.8 Å².